The zero-order valence-corrected chi connectivity index (χ0v) is 17.9. The minimum Gasteiger partial charge on any atom is -0.453 e. The van der Waals surface area contributed by atoms with Crippen LogP contribution in [-0.2, 0) is 9.59 Å². The fourth-order valence-electron chi connectivity index (χ4n) is 3.43. The van der Waals surface area contributed by atoms with Crippen LogP contribution in [0.1, 0.15) is 12.8 Å². The van der Waals surface area contributed by atoms with Gasteiger partial charge in [0.25, 0.3) is 0 Å². The van der Waals surface area contributed by atoms with Crippen molar-refractivity contribution in [3.63, 3.8) is 0 Å². The van der Waals surface area contributed by atoms with E-state index in [9.17, 15) is 18.4 Å². The van der Waals surface area contributed by atoms with Gasteiger partial charge >= 0.3 is 0 Å². The zero-order chi connectivity index (χ0) is 23.0. The Morgan fingerprint density at radius 3 is 2.30 bits per heavy atom. The maximum Gasteiger partial charge on any atom is 0.240 e. The summed E-state index contributed by atoms with van der Waals surface area (Å²) in [6.45, 7) is 0. The number of aromatic nitrogens is 1. The number of benzene rings is 2. The Bertz CT molecular complexity index is 1370. The molecule has 2 heterocycles. The van der Waals surface area contributed by atoms with Crippen LogP contribution in [0.3, 0.4) is 0 Å². The topological polar surface area (TPSA) is 80.3 Å². The molecule has 0 atom stereocenters. The highest BCUT2D eigenvalue weighted by atomic mass is 32.1. The summed E-state index contributed by atoms with van der Waals surface area (Å²) in [5.74, 6) is -1.60. The average Bonchev–Trinajstić information content (AvgIpc) is 3.48. The van der Waals surface area contributed by atoms with Crippen LogP contribution in [0, 0.1) is 17.0 Å². The zero-order valence-electron chi connectivity index (χ0n) is 17.1. The molecule has 33 heavy (non-hydrogen) atoms. The van der Waals surface area contributed by atoms with Gasteiger partial charge in [0.2, 0.25) is 11.8 Å². The number of fused-ring (bicyclic) bond motifs is 1. The fraction of sp³-hybridized carbons (Fsp3) is 0.125. The molecule has 0 aliphatic heterocycles. The van der Waals surface area contributed by atoms with Gasteiger partial charge in [0, 0.05) is 29.7 Å². The molecule has 1 aliphatic carbocycles. The van der Waals surface area contributed by atoms with Crippen LogP contribution in [0.2, 0.25) is 0 Å². The third kappa shape index (κ3) is 4.14. The van der Waals surface area contributed by atoms with Crippen LogP contribution in [-0.4, -0.2) is 16.8 Å². The number of carbonyl (C=O) groups excluding carboxylic acids is 2. The van der Waals surface area contributed by atoms with Crippen molar-refractivity contribution >= 4 is 44.7 Å². The second kappa shape index (κ2) is 8.25. The second-order valence-corrected chi connectivity index (χ2v) is 8.60. The Morgan fingerprint density at radius 1 is 0.909 bits per heavy atom. The molecule has 0 spiro atoms. The number of rotatable bonds is 6. The molecule has 2 aromatic heterocycles. The summed E-state index contributed by atoms with van der Waals surface area (Å²) >= 11 is 1.44. The Morgan fingerprint density at radius 2 is 1.61 bits per heavy atom. The Balaban J connectivity index is 1.28. The summed E-state index contributed by atoms with van der Waals surface area (Å²) in [5, 5.41) is 7.12. The molecule has 5 rings (SSSR count). The Labute approximate surface area is 191 Å². The van der Waals surface area contributed by atoms with E-state index >= 15 is 0 Å². The number of halogens is 2. The number of carbonyl (C=O) groups is 2. The van der Waals surface area contributed by atoms with E-state index in [1.165, 1.54) is 47.7 Å². The minimum atomic E-state index is -1.23. The Kier molecular flexibility index (Phi) is 5.26. The molecule has 2 amide bonds. The lowest BCUT2D eigenvalue weighted by atomic mass is 10.0. The number of anilines is 2. The third-order valence-corrected chi connectivity index (χ3v) is 6.36. The summed E-state index contributed by atoms with van der Waals surface area (Å²) in [5.41, 5.74) is 0.128. The number of hydrogen-bond acceptors (Lipinski definition) is 5. The first kappa shape index (κ1) is 21.0. The lowest BCUT2D eigenvalue weighted by Crippen LogP contribution is -2.35. The van der Waals surface area contributed by atoms with Gasteiger partial charge in [-0.05, 0) is 60.7 Å². The second-order valence-electron chi connectivity index (χ2n) is 7.69. The predicted molar refractivity (Wildman–Crippen MR) is 121 cm³/mol. The van der Waals surface area contributed by atoms with Crippen molar-refractivity contribution in [3.05, 3.63) is 77.8 Å². The third-order valence-electron chi connectivity index (χ3n) is 5.44. The molecular formula is C24H17F2N3O3S. The van der Waals surface area contributed by atoms with Gasteiger partial charge in [0.1, 0.15) is 17.0 Å². The van der Waals surface area contributed by atoms with E-state index in [2.05, 4.69) is 15.6 Å². The van der Waals surface area contributed by atoms with Crippen molar-refractivity contribution in [2.75, 3.05) is 10.6 Å². The molecule has 166 valence electrons. The molecule has 0 radical (unpaired) electrons. The van der Waals surface area contributed by atoms with E-state index in [0.717, 1.165) is 16.3 Å². The molecule has 1 aliphatic rings. The average molecular weight is 465 g/mol. The lowest BCUT2D eigenvalue weighted by molar-refractivity contribution is -0.131. The molecule has 9 heteroatoms. The molecule has 6 nitrogen and oxygen atoms in total. The van der Waals surface area contributed by atoms with Crippen LogP contribution < -0.4 is 15.4 Å². The van der Waals surface area contributed by atoms with Gasteiger partial charge in [-0.1, -0.05) is 0 Å². The van der Waals surface area contributed by atoms with E-state index in [4.69, 9.17) is 4.74 Å². The van der Waals surface area contributed by atoms with Crippen molar-refractivity contribution in [2.24, 2.45) is 5.41 Å². The number of amides is 2. The van der Waals surface area contributed by atoms with Crippen molar-refractivity contribution < 1.29 is 23.1 Å². The summed E-state index contributed by atoms with van der Waals surface area (Å²) < 4.78 is 34.3. The normalized spacial score (nSPS) is 14.0. The lowest BCUT2D eigenvalue weighted by Gasteiger charge is -2.16. The first-order chi connectivity index (χ1) is 15.9. The number of thiophene rings is 1. The van der Waals surface area contributed by atoms with Gasteiger partial charge in [-0.25, -0.2) is 8.78 Å². The van der Waals surface area contributed by atoms with Crippen LogP contribution >= 0.6 is 11.3 Å². The molecule has 2 N–H and O–H groups in total. The van der Waals surface area contributed by atoms with Gasteiger partial charge in [0.05, 0.1) is 10.2 Å². The van der Waals surface area contributed by atoms with Crippen LogP contribution in [0.25, 0.3) is 10.2 Å². The largest absolute Gasteiger partial charge is 0.453 e. The van der Waals surface area contributed by atoms with Gasteiger partial charge in [-0.2, -0.15) is 0 Å². The van der Waals surface area contributed by atoms with Crippen molar-refractivity contribution in [2.45, 2.75) is 12.8 Å². The molecule has 0 unspecified atom stereocenters. The van der Waals surface area contributed by atoms with Crippen LogP contribution in [0.4, 0.5) is 20.2 Å². The van der Waals surface area contributed by atoms with E-state index in [1.54, 1.807) is 12.3 Å². The summed E-state index contributed by atoms with van der Waals surface area (Å²) in [7, 11) is 0. The maximum atomic E-state index is 14.7. The number of ether oxygens (including phenoxy) is 1. The molecule has 0 bridgehead atoms. The maximum absolute atomic E-state index is 14.7. The standard InChI is InChI=1S/C24H17F2N3O3S/c25-14-1-3-15(4-2-14)28-22(30)24(9-10-24)23(31)29-16-5-6-19(17(26)13-16)32-20-7-11-27-18-8-12-33-21(18)20/h1-8,11-13H,9-10H2,(H,28,30)(H,29,31). The summed E-state index contributed by atoms with van der Waals surface area (Å²) in [6.07, 6.45) is 2.33. The van der Waals surface area contributed by atoms with Crippen molar-refractivity contribution in [3.8, 4) is 11.5 Å². The molecule has 4 aromatic rings. The molecule has 2 aromatic carbocycles. The molecule has 1 fully saturated rings. The number of hydrogen-bond donors (Lipinski definition) is 2. The summed E-state index contributed by atoms with van der Waals surface area (Å²) in [6, 6.07) is 12.9. The van der Waals surface area contributed by atoms with Gasteiger partial charge in [-0.3, -0.25) is 14.6 Å². The highest BCUT2D eigenvalue weighted by Gasteiger charge is 2.56. The molecular weight excluding hydrogens is 448 g/mol. The molecule has 0 saturated heterocycles. The van der Waals surface area contributed by atoms with Gasteiger partial charge < -0.3 is 15.4 Å². The first-order valence-electron chi connectivity index (χ1n) is 10.1. The van der Waals surface area contributed by atoms with E-state index in [0.29, 0.717) is 24.3 Å². The number of nitrogens with one attached hydrogen (secondary N) is 2. The summed E-state index contributed by atoms with van der Waals surface area (Å²) in [4.78, 5) is 29.7. The van der Waals surface area contributed by atoms with Gasteiger partial charge in [-0.15, -0.1) is 11.3 Å². The number of nitrogens with zero attached hydrogens (tertiary/aromatic N) is 1. The predicted octanol–water partition coefficient (Wildman–Crippen LogP) is 5.72. The smallest absolute Gasteiger partial charge is 0.240 e. The van der Waals surface area contributed by atoms with Crippen LogP contribution in [0.5, 0.6) is 11.5 Å². The SMILES string of the molecule is O=C(Nc1ccc(F)cc1)C1(C(=O)Nc2ccc(Oc3ccnc4ccsc34)c(F)c2)CC1. The van der Waals surface area contributed by atoms with Crippen molar-refractivity contribution in [1.29, 1.82) is 0 Å². The van der Waals surface area contributed by atoms with E-state index < -0.39 is 28.9 Å². The highest BCUT2D eigenvalue weighted by Crippen LogP contribution is 2.47. The van der Waals surface area contributed by atoms with E-state index in [1.807, 2.05) is 11.4 Å². The van der Waals surface area contributed by atoms with Crippen molar-refractivity contribution in [1.82, 2.24) is 4.98 Å². The number of pyridine rings is 1. The van der Waals surface area contributed by atoms with Crippen LogP contribution in [0.15, 0.2) is 66.2 Å². The first-order valence-corrected chi connectivity index (χ1v) is 11.0. The van der Waals surface area contributed by atoms with Gasteiger partial charge in [0.15, 0.2) is 11.6 Å². The van der Waals surface area contributed by atoms with E-state index in [-0.39, 0.29) is 11.4 Å². The monoisotopic (exact) mass is 465 g/mol. The fourth-order valence-corrected chi connectivity index (χ4v) is 4.23. The highest BCUT2D eigenvalue weighted by molar-refractivity contribution is 7.17. The quantitative estimate of drug-likeness (QED) is 0.357. The Hall–Kier alpha value is -3.85. The minimum absolute atomic E-state index is 0.00378. The molecule has 1 saturated carbocycles.